The van der Waals surface area contributed by atoms with Crippen molar-refractivity contribution in [1.29, 1.82) is 0 Å². The van der Waals surface area contributed by atoms with Crippen molar-refractivity contribution in [3.8, 4) is 5.75 Å². The minimum atomic E-state index is -4.49. The van der Waals surface area contributed by atoms with Gasteiger partial charge in [-0.15, -0.1) is 0 Å². The number of para-hydroxylation sites is 1. The van der Waals surface area contributed by atoms with Crippen molar-refractivity contribution in [1.82, 2.24) is 10.6 Å². The molecule has 2 aromatic carbocycles. The van der Waals surface area contributed by atoms with Gasteiger partial charge in [-0.05, 0) is 68.4 Å². The molecule has 4 nitrogen and oxygen atoms in total. The van der Waals surface area contributed by atoms with Gasteiger partial charge in [0.15, 0.2) is 11.6 Å². The lowest BCUT2D eigenvalue weighted by atomic mass is 9.86. The van der Waals surface area contributed by atoms with E-state index in [2.05, 4.69) is 10.6 Å². The van der Waals surface area contributed by atoms with Crippen molar-refractivity contribution >= 4 is 5.91 Å². The predicted octanol–water partition coefficient (Wildman–Crippen LogP) is 4.94. The number of nitrogens with one attached hydrogen (secondary N) is 2. The summed E-state index contributed by atoms with van der Waals surface area (Å²) < 4.78 is 52.3. The second kappa shape index (κ2) is 9.68. The Kier molecular flexibility index (Phi) is 7.20. The molecule has 0 spiro atoms. The summed E-state index contributed by atoms with van der Waals surface area (Å²) in [6, 6.07) is 8.01. The van der Waals surface area contributed by atoms with Crippen LogP contribution in [-0.4, -0.2) is 23.6 Å². The molecule has 0 saturated heterocycles. The molecular weight excluding hydrogens is 412 g/mol. The lowest BCUT2D eigenvalue weighted by molar-refractivity contribution is -0.137. The number of hydrogen-bond acceptors (Lipinski definition) is 3. The van der Waals surface area contributed by atoms with Crippen molar-refractivity contribution in [3.05, 3.63) is 64.5 Å². The largest absolute Gasteiger partial charge is 0.505 e. The highest BCUT2D eigenvalue weighted by Gasteiger charge is 2.31. The van der Waals surface area contributed by atoms with Gasteiger partial charge in [-0.2, -0.15) is 13.2 Å². The van der Waals surface area contributed by atoms with E-state index in [0.29, 0.717) is 24.2 Å². The Hall–Kier alpha value is -2.61. The van der Waals surface area contributed by atoms with E-state index >= 15 is 0 Å². The van der Waals surface area contributed by atoms with E-state index in [4.69, 9.17) is 0 Å². The van der Waals surface area contributed by atoms with Gasteiger partial charge in [0.05, 0.1) is 5.56 Å². The Morgan fingerprint density at radius 3 is 2.52 bits per heavy atom. The van der Waals surface area contributed by atoms with Crippen LogP contribution in [0.2, 0.25) is 0 Å². The highest BCUT2D eigenvalue weighted by Crippen LogP contribution is 2.31. The van der Waals surface area contributed by atoms with Crippen LogP contribution >= 0.6 is 0 Å². The molecule has 1 amide bonds. The van der Waals surface area contributed by atoms with E-state index in [1.54, 1.807) is 12.1 Å². The maximum Gasteiger partial charge on any atom is 0.416 e. The Bertz CT molecular complexity index is 922. The van der Waals surface area contributed by atoms with Crippen LogP contribution in [0.25, 0.3) is 0 Å². The first kappa shape index (κ1) is 23.1. The normalized spacial score (nSPS) is 19.3. The molecule has 3 N–H and O–H groups in total. The topological polar surface area (TPSA) is 61.4 Å². The molecule has 0 heterocycles. The summed E-state index contributed by atoms with van der Waals surface area (Å²) in [5, 5.41) is 15.8. The Morgan fingerprint density at radius 1 is 1.13 bits per heavy atom. The number of benzene rings is 2. The molecule has 0 bridgehead atoms. The van der Waals surface area contributed by atoms with Crippen LogP contribution in [0.4, 0.5) is 17.6 Å². The van der Waals surface area contributed by atoms with Crippen LogP contribution in [0.15, 0.2) is 36.4 Å². The summed E-state index contributed by atoms with van der Waals surface area (Å²) >= 11 is 0. The van der Waals surface area contributed by atoms with Gasteiger partial charge in [0.1, 0.15) is 0 Å². The maximum absolute atomic E-state index is 13.4. The molecule has 3 rings (SSSR count). The average Bonchev–Trinajstić information content (AvgIpc) is 2.72. The van der Waals surface area contributed by atoms with Crippen molar-refractivity contribution in [2.45, 2.75) is 51.4 Å². The van der Waals surface area contributed by atoms with Gasteiger partial charge >= 0.3 is 6.18 Å². The fourth-order valence-corrected chi connectivity index (χ4v) is 3.94. The van der Waals surface area contributed by atoms with Crippen molar-refractivity contribution in [2.24, 2.45) is 5.92 Å². The average molecular weight is 438 g/mol. The van der Waals surface area contributed by atoms with Gasteiger partial charge in [0, 0.05) is 30.3 Å². The minimum Gasteiger partial charge on any atom is -0.505 e. The summed E-state index contributed by atoms with van der Waals surface area (Å²) in [6.07, 6.45) is -1.06. The fraction of sp³-hybridized carbons (Fsp3) is 0.435. The zero-order chi connectivity index (χ0) is 22.6. The first-order valence-electron chi connectivity index (χ1n) is 10.3. The lowest BCUT2D eigenvalue weighted by Crippen LogP contribution is -2.36. The zero-order valence-electron chi connectivity index (χ0n) is 17.2. The molecule has 0 aromatic heterocycles. The molecule has 168 valence electrons. The second-order valence-corrected chi connectivity index (χ2v) is 8.14. The molecule has 1 aliphatic rings. The number of amides is 1. The van der Waals surface area contributed by atoms with Gasteiger partial charge < -0.3 is 15.7 Å². The molecule has 0 unspecified atom stereocenters. The first-order valence-corrected chi connectivity index (χ1v) is 10.3. The molecular formula is C23H26F4N2O2. The van der Waals surface area contributed by atoms with Gasteiger partial charge in [0.2, 0.25) is 0 Å². The van der Waals surface area contributed by atoms with Gasteiger partial charge in [-0.1, -0.05) is 12.1 Å². The maximum atomic E-state index is 13.4. The van der Waals surface area contributed by atoms with Crippen molar-refractivity contribution in [3.63, 3.8) is 0 Å². The summed E-state index contributed by atoms with van der Waals surface area (Å²) in [5.74, 6) is -1.24. The van der Waals surface area contributed by atoms with Gasteiger partial charge in [0.25, 0.3) is 5.91 Å². The number of rotatable bonds is 6. The second-order valence-electron chi connectivity index (χ2n) is 8.14. The van der Waals surface area contributed by atoms with E-state index in [0.717, 1.165) is 37.8 Å². The Labute approximate surface area is 178 Å². The third-order valence-corrected chi connectivity index (χ3v) is 5.72. The van der Waals surface area contributed by atoms with Crippen LogP contribution < -0.4 is 10.6 Å². The number of carbonyl (C=O) groups excluding carboxylic acids is 1. The number of phenols is 1. The summed E-state index contributed by atoms with van der Waals surface area (Å²) in [5.41, 5.74) is 0.0767. The summed E-state index contributed by atoms with van der Waals surface area (Å²) in [6.45, 7) is 2.31. The van der Waals surface area contributed by atoms with Gasteiger partial charge in [-0.25, -0.2) is 4.39 Å². The monoisotopic (exact) mass is 438 g/mol. The quantitative estimate of drug-likeness (QED) is 0.560. The van der Waals surface area contributed by atoms with E-state index < -0.39 is 23.5 Å². The number of aromatic hydroxyl groups is 1. The standard InChI is InChI=1S/C23H26F4N2O2/c1-14-9-17(11-18(10-14)23(25,26)27)22(31)29-12-15-5-7-19(8-6-15)28-13-16-3-2-4-20(24)21(16)30/h2-4,9-11,15,19,28,30H,5-8,12-13H2,1H3,(H,29,31)/t15-,19+. The predicted molar refractivity (Wildman–Crippen MR) is 109 cm³/mol. The van der Waals surface area contributed by atoms with E-state index in [-0.39, 0.29) is 23.3 Å². The highest BCUT2D eigenvalue weighted by atomic mass is 19.4. The molecule has 0 aliphatic heterocycles. The number of hydrogen-bond donors (Lipinski definition) is 3. The van der Waals surface area contributed by atoms with Crippen LogP contribution in [0.1, 0.15) is 52.7 Å². The first-order chi connectivity index (χ1) is 14.6. The number of phenolic OH excluding ortho intramolecular Hbond substituents is 1. The van der Waals surface area contributed by atoms with E-state index in [1.165, 1.54) is 19.1 Å². The number of carbonyl (C=O) groups is 1. The van der Waals surface area contributed by atoms with Crippen LogP contribution in [0.3, 0.4) is 0 Å². The molecule has 0 radical (unpaired) electrons. The summed E-state index contributed by atoms with van der Waals surface area (Å²) in [4.78, 5) is 12.4. The molecule has 1 aliphatic carbocycles. The van der Waals surface area contributed by atoms with E-state index in [1.807, 2.05) is 0 Å². The highest BCUT2D eigenvalue weighted by molar-refractivity contribution is 5.94. The van der Waals surface area contributed by atoms with Crippen LogP contribution in [0, 0.1) is 18.7 Å². The molecule has 1 saturated carbocycles. The van der Waals surface area contributed by atoms with E-state index in [9.17, 15) is 27.5 Å². The summed E-state index contributed by atoms with van der Waals surface area (Å²) in [7, 11) is 0. The molecule has 2 aromatic rings. The van der Waals surface area contributed by atoms with Crippen molar-refractivity contribution in [2.75, 3.05) is 6.54 Å². The Balaban J connectivity index is 1.46. The number of aryl methyl sites for hydroxylation is 1. The van der Waals surface area contributed by atoms with Crippen molar-refractivity contribution < 1.29 is 27.5 Å². The van der Waals surface area contributed by atoms with Crippen LogP contribution in [0.5, 0.6) is 5.75 Å². The number of halogens is 4. The third kappa shape index (κ3) is 6.19. The lowest BCUT2D eigenvalue weighted by Gasteiger charge is -2.29. The third-order valence-electron chi connectivity index (χ3n) is 5.72. The fourth-order valence-electron chi connectivity index (χ4n) is 3.94. The smallest absolute Gasteiger partial charge is 0.416 e. The zero-order valence-corrected chi connectivity index (χ0v) is 17.2. The molecule has 8 heteroatoms. The molecule has 0 atom stereocenters. The minimum absolute atomic E-state index is 0.0116. The van der Waals surface area contributed by atoms with Crippen LogP contribution in [-0.2, 0) is 12.7 Å². The molecule has 31 heavy (non-hydrogen) atoms. The molecule has 1 fully saturated rings. The van der Waals surface area contributed by atoms with Gasteiger partial charge in [-0.3, -0.25) is 4.79 Å². The SMILES string of the molecule is Cc1cc(C(=O)NC[C@H]2CC[C@@H](NCc3cccc(F)c3O)CC2)cc(C(F)(F)F)c1. The number of alkyl halides is 3. The Morgan fingerprint density at radius 2 is 1.84 bits per heavy atom.